The van der Waals surface area contributed by atoms with E-state index < -0.39 is 5.82 Å². The number of aliphatic hydroxyl groups excluding tert-OH is 1. The first-order valence-electron chi connectivity index (χ1n) is 11.0. The zero-order valence-electron chi connectivity index (χ0n) is 18.4. The van der Waals surface area contributed by atoms with Crippen LogP contribution in [0.1, 0.15) is 48.5 Å². The fourth-order valence-electron chi connectivity index (χ4n) is 4.46. The Labute approximate surface area is 200 Å². The minimum atomic E-state index is -0.472. The monoisotopic (exact) mass is 472 g/mol. The van der Waals surface area contributed by atoms with Crippen molar-refractivity contribution in [2.24, 2.45) is 0 Å². The van der Waals surface area contributed by atoms with Gasteiger partial charge in [-0.05, 0) is 56.9 Å². The van der Waals surface area contributed by atoms with Crippen LogP contribution in [0.5, 0.6) is 0 Å². The molecule has 0 aliphatic heterocycles. The predicted octanol–water partition coefficient (Wildman–Crippen LogP) is 5.02. The molecule has 7 nitrogen and oxygen atoms in total. The van der Waals surface area contributed by atoms with Crippen molar-refractivity contribution in [3.63, 3.8) is 0 Å². The van der Waals surface area contributed by atoms with Crippen LogP contribution in [0, 0.1) is 35.4 Å². The first-order chi connectivity index (χ1) is 16.5. The molecule has 3 heterocycles. The first kappa shape index (κ1) is 22.1. The van der Waals surface area contributed by atoms with Crippen molar-refractivity contribution in [2.75, 3.05) is 0 Å². The molecule has 1 aliphatic rings. The lowest BCUT2D eigenvalue weighted by Crippen LogP contribution is -2.21. The normalized spacial score (nSPS) is 18.0. The zero-order valence-corrected chi connectivity index (χ0v) is 19.3. The van der Waals surface area contributed by atoms with Gasteiger partial charge in [-0.3, -0.25) is 4.68 Å². The average molecular weight is 473 g/mol. The molecule has 1 N–H and O–H groups in total. The molecule has 170 valence electrons. The number of aryl methyl sites for hydroxylation is 1. The lowest BCUT2D eigenvalue weighted by molar-refractivity contribution is 0.108. The number of aromatic nitrogens is 4. The Morgan fingerprint density at radius 3 is 2.56 bits per heavy atom. The van der Waals surface area contributed by atoms with E-state index in [0.717, 1.165) is 47.4 Å². The molecule has 34 heavy (non-hydrogen) atoms. The van der Waals surface area contributed by atoms with Gasteiger partial charge in [0.2, 0.25) is 0 Å². The van der Waals surface area contributed by atoms with E-state index >= 15 is 0 Å². The van der Waals surface area contributed by atoms with Crippen molar-refractivity contribution in [3.05, 3.63) is 65.5 Å². The standard InChI is InChI=1S/C25H21FN6OS/c1-15-22(14-31(30-15)20-3-5-21(33)6-4-20)17-9-24(25-18(11-28)12-29-32(25)13-17)34-23-7-2-19(26)8-16(23)10-27/h2,7-9,12-14,20-21,33H,3-6H2,1H3. The fraction of sp³-hybridized carbons (Fsp3) is 0.280. The number of nitrogens with zero attached hydrogens (tertiary/aromatic N) is 6. The van der Waals surface area contributed by atoms with E-state index in [4.69, 9.17) is 5.10 Å². The molecule has 0 bridgehead atoms. The summed E-state index contributed by atoms with van der Waals surface area (Å²) in [4.78, 5) is 1.34. The highest BCUT2D eigenvalue weighted by molar-refractivity contribution is 7.99. The van der Waals surface area contributed by atoms with Crippen LogP contribution < -0.4 is 0 Å². The largest absolute Gasteiger partial charge is 0.393 e. The van der Waals surface area contributed by atoms with E-state index in [0.29, 0.717) is 16.0 Å². The molecule has 0 radical (unpaired) electrons. The van der Waals surface area contributed by atoms with E-state index in [1.54, 1.807) is 10.6 Å². The highest BCUT2D eigenvalue weighted by Gasteiger charge is 2.23. The zero-order chi connectivity index (χ0) is 23.8. The third kappa shape index (κ3) is 4.05. The minimum absolute atomic E-state index is 0.228. The van der Waals surface area contributed by atoms with Gasteiger partial charge in [0.05, 0.1) is 40.7 Å². The molecular formula is C25H21FN6OS. The lowest BCUT2D eigenvalue weighted by atomic mass is 9.93. The van der Waals surface area contributed by atoms with Crippen molar-refractivity contribution in [2.45, 2.75) is 54.5 Å². The van der Waals surface area contributed by atoms with Crippen molar-refractivity contribution in [1.82, 2.24) is 19.4 Å². The maximum Gasteiger partial charge on any atom is 0.124 e. The Balaban J connectivity index is 1.59. The van der Waals surface area contributed by atoms with Gasteiger partial charge < -0.3 is 5.11 Å². The van der Waals surface area contributed by atoms with Crippen molar-refractivity contribution >= 4 is 17.3 Å². The lowest BCUT2D eigenvalue weighted by Gasteiger charge is -2.25. The van der Waals surface area contributed by atoms with Crippen LogP contribution in [0.15, 0.2) is 52.6 Å². The number of aliphatic hydroxyl groups is 1. The van der Waals surface area contributed by atoms with Crippen LogP contribution in [-0.4, -0.2) is 30.6 Å². The van der Waals surface area contributed by atoms with Crippen molar-refractivity contribution < 1.29 is 9.50 Å². The summed E-state index contributed by atoms with van der Waals surface area (Å²) in [5.74, 6) is -0.472. The first-order valence-corrected chi connectivity index (χ1v) is 11.8. The molecule has 0 unspecified atom stereocenters. The number of rotatable bonds is 4. The van der Waals surface area contributed by atoms with Crippen LogP contribution in [0.2, 0.25) is 0 Å². The number of benzene rings is 1. The van der Waals surface area contributed by atoms with Gasteiger partial charge in [-0.25, -0.2) is 8.91 Å². The molecule has 3 aromatic heterocycles. The van der Waals surface area contributed by atoms with Gasteiger partial charge in [-0.2, -0.15) is 20.7 Å². The SMILES string of the molecule is Cc1nn(C2CCC(O)CC2)cc1-c1cc(Sc2ccc(F)cc2C#N)c2c(C#N)cnn2c1. The molecule has 1 saturated carbocycles. The van der Waals surface area contributed by atoms with Crippen LogP contribution in [-0.2, 0) is 0 Å². The second-order valence-electron chi connectivity index (χ2n) is 8.48. The smallest absolute Gasteiger partial charge is 0.124 e. The third-order valence-electron chi connectivity index (χ3n) is 6.25. The van der Waals surface area contributed by atoms with Gasteiger partial charge in [0.1, 0.15) is 18.0 Å². The number of nitriles is 2. The predicted molar refractivity (Wildman–Crippen MR) is 125 cm³/mol. The Kier molecular flexibility index (Phi) is 5.82. The van der Waals surface area contributed by atoms with E-state index in [9.17, 15) is 20.0 Å². The number of hydrogen-bond acceptors (Lipinski definition) is 6. The van der Waals surface area contributed by atoms with E-state index in [1.807, 2.05) is 36.1 Å². The number of hydrogen-bond donors (Lipinski definition) is 1. The summed E-state index contributed by atoms with van der Waals surface area (Å²) < 4.78 is 17.3. The third-order valence-corrected chi connectivity index (χ3v) is 7.35. The number of halogens is 1. The summed E-state index contributed by atoms with van der Waals surface area (Å²) in [6.07, 6.45) is 8.50. The van der Waals surface area contributed by atoms with Crippen LogP contribution in [0.3, 0.4) is 0 Å². The second-order valence-corrected chi connectivity index (χ2v) is 9.56. The van der Waals surface area contributed by atoms with Gasteiger partial charge in [0, 0.05) is 33.3 Å². The molecule has 9 heteroatoms. The summed E-state index contributed by atoms with van der Waals surface area (Å²) in [7, 11) is 0. The van der Waals surface area contributed by atoms with Crippen molar-refractivity contribution in [1.29, 1.82) is 10.5 Å². The molecule has 0 saturated heterocycles. The van der Waals surface area contributed by atoms with Crippen LogP contribution >= 0.6 is 11.8 Å². The summed E-state index contributed by atoms with van der Waals surface area (Å²) >= 11 is 1.30. The number of fused-ring (bicyclic) bond motifs is 1. The molecule has 5 rings (SSSR count). The molecule has 0 spiro atoms. The van der Waals surface area contributed by atoms with Crippen LogP contribution in [0.4, 0.5) is 4.39 Å². The van der Waals surface area contributed by atoms with E-state index in [1.165, 1.54) is 30.1 Å². The summed E-state index contributed by atoms with van der Waals surface area (Å²) in [6, 6.07) is 10.5. The van der Waals surface area contributed by atoms with Gasteiger partial charge in [-0.15, -0.1) is 0 Å². The Morgan fingerprint density at radius 2 is 1.82 bits per heavy atom. The summed E-state index contributed by atoms with van der Waals surface area (Å²) in [5.41, 5.74) is 3.98. The molecule has 1 aromatic carbocycles. The minimum Gasteiger partial charge on any atom is -0.393 e. The second kappa shape index (κ2) is 8.94. The fourth-order valence-corrected chi connectivity index (χ4v) is 5.54. The molecule has 0 atom stereocenters. The molecular weight excluding hydrogens is 451 g/mol. The highest BCUT2D eigenvalue weighted by Crippen LogP contribution is 2.38. The van der Waals surface area contributed by atoms with E-state index in [-0.39, 0.29) is 17.7 Å². The van der Waals surface area contributed by atoms with Crippen LogP contribution in [0.25, 0.3) is 16.6 Å². The number of pyridine rings is 1. The Hall–Kier alpha value is -3.66. The topological polar surface area (TPSA) is 103 Å². The van der Waals surface area contributed by atoms with Gasteiger partial charge in [-0.1, -0.05) is 11.8 Å². The van der Waals surface area contributed by atoms with Gasteiger partial charge in [0.15, 0.2) is 0 Å². The van der Waals surface area contributed by atoms with Crippen molar-refractivity contribution in [3.8, 4) is 23.3 Å². The Bertz CT molecular complexity index is 1470. The molecule has 0 amide bonds. The molecule has 1 fully saturated rings. The molecule has 1 aliphatic carbocycles. The van der Waals surface area contributed by atoms with Gasteiger partial charge in [0.25, 0.3) is 0 Å². The maximum absolute atomic E-state index is 13.7. The maximum atomic E-state index is 13.7. The van der Waals surface area contributed by atoms with E-state index in [2.05, 4.69) is 11.2 Å². The summed E-state index contributed by atoms with van der Waals surface area (Å²) in [6.45, 7) is 1.96. The molecule has 4 aromatic rings. The quantitative estimate of drug-likeness (QED) is 0.448. The Morgan fingerprint density at radius 1 is 1.06 bits per heavy atom. The van der Waals surface area contributed by atoms with Gasteiger partial charge >= 0.3 is 0 Å². The summed E-state index contributed by atoms with van der Waals surface area (Å²) in [5, 5.41) is 38.0. The highest BCUT2D eigenvalue weighted by atomic mass is 32.2. The average Bonchev–Trinajstić information content (AvgIpc) is 3.44.